The number of hydrogen-bond acceptors (Lipinski definition) is 6. The van der Waals surface area contributed by atoms with Crippen molar-refractivity contribution in [1.29, 1.82) is 0 Å². The van der Waals surface area contributed by atoms with Gasteiger partial charge in [-0.25, -0.2) is 14.4 Å². The monoisotopic (exact) mass is 597 g/mol. The zero-order chi connectivity index (χ0) is 76.8. The van der Waals surface area contributed by atoms with Gasteiger partial charge < -0.3 is 19.9 Å². The van der Waals surface area contributed by atoms with Crippen LogP contribution < -0.4 is 10.2 Å². The average Bonchev–Trinajstić information content (AvgIpc) is 2.46. The number of rotatable bonds is 5. The number of hydrogen-bond donors (Lipinski definition) is 2. The summed E-state index contributed by atoms with van der Waals surface area (Å²) in [6, 6.07) is 7.64. The zero-order valence-electron chi connectivity index (χ0n) is 73.0. The van der Waals surface area contributed by atoms with Gasteiger partial charge in [0.25, 0.3) is 0 Å². The third-order valence-corrected chi connectivity index (χ3v) is 7.44. The maximum absolute atomic E-state index is 14.6. The number of halogens is 1. The molecule has 2 fully saturated rings. The van der Waals surface area contributed by atoms with Gasteiger partial charge in [-0.05, 0) is 58.4 Å². The van der Waals surface area contributed by atoms with E-state index in [-0.39, 0.29) is 13.3 Å². The van der Waals surface area contributed by atoms with Gasteiger partial charge in [0.15, 0.2) is 5.82 Å². The number of aromatic nitrogens is 5. The van der Waals surface area contributed by atoms with Gasteiger partial charge in [-0.2, -0.15) is 5.10 Å². The smallest absolute Gasteiger partial charge is 0.162 e. The standard InChI is InChI=1S/C27H32FN7O.27H2/c1-16-15-36-10-9-34(16)25-13-24(26-17(2)33-35(18(26)3)14-20-5-4-7-29-20)31-27(32-25)22-11-19(28)12-23-21(22)6-8-30-23;;;;;;;;;;;;;;;;;;;;;;;;;;;/h6,8,11-13,16,20,29-30H,4-5,7,9-10,14-15H2,1-3H3;27*1H/t16-,20-;;;;;;;;;;;;;;;;;;;;;;;;;;;/m1.........................../s1/i;26*1+1D;1+1. The molecule has 0 saturated carbocycles. The predicted molar refractivity (Wildman–Crippen MR) is 196 cm³/mol. The summed E-state index contributed by atoms with van der Waals surface area (Å²) in [6.45, 7) is 10.2. The van der Waals surface area contributed by atoms with Gasteiger partial charge >= 0.3 is 0 Å². The van der Waals surface area contributed by atoms with E-state index in [0.29, 0.717) is 30.6 Å². The van der Waals surface area contributed by atoms with Gasteiger partial charge in [-0.15, -0.1) is 0 Å². The number of benzene rings is 1. The van der Waals surface area contributed by atoms with Gasteiger partial charge in [0.1, 0.15) is 11.6 Å². The molecule has 4 aromatic rings. The largest absolute Gasteiger partial charge is 0.377 e. The highest BCUT2D eigenvalue weighted by Crippen LogP contribution is 2.34. The Morgan fingerprint density at radius 3 is 2.94 bits per heavy atom. The number of fused-ring (bicyclic) bond motifs is 1. The molecule has 2 atom stereocenters. The van der Waals surface area contributed by atoms with Crippen molar-refractivity contribution in [2.75, 3.05) is 31.2 Å². The molecule has 0 bridgehead atoms. The van der Waals surface area contributed by atoms with Crippen molar-refractivity contribution in [2.24, 2.45) is 0 Å². The van der Waals surface area contributed by atoms with E-state index in [4.69, 9.17) is 97.0 Å². The number of morpholine rings is 1. The zero-order valence-corrected chi connectivity index (χ0v) is 21.0. The van der Waals surface area contributed by atoms with Gasteiger partial charge in [-0.3, -0.25) is 4.68 Å². The Bertz CT molecular complexity index is 1490. The molecular weight excluding hydrogens is 457 g/mol. The van der Waals surface area contributed by atoms with E-state index >= 15 is 0 Å². The second-order valence-electron chi connectivity index (χ2n) is 9.97. The molecule has 36 heavy (non-hydrogen) atoms. The minimum absolute atomic E-state index is 0. The Morgan fingerprint density at radius 1 is 1.25 bits per heavy atom. The van der Waals surface area contributed by atoms with Crippen molar-refractivity contribution in [2.45, 2.75) is 52.2 Å². The van der Waals surface area contributed by atoms with E-state index in [9.17, 15) is 4.39 Å². The molecule has 8 nitrogen and oxygen atoms in total. The van der Waals surface area contributed by atoms with E-state index in [1.165, 1.54) is 18.6 Å². The van der Waals surface area contributed by atoms with Crippen LogP contribution in [0.4, 0.5) is 10.2 Å². The van der Waals surface area contributed by atoms with E-state index in [0.717, 1.165) is 65.4 Å². The first-order chi connectivity index (χ1) is 43.5. The Hall–Kier alpha value is -3.30. The van der Waals surface area contributed by atoms with E-state index in [1.807, 2.05) is 25.3 Å². The van der Waals surface area contributed by atoms with Crippen LogP contribution in [-0.2, 0) is 11.3 Å². The van der Waals surface area contributed by atoms with Gasteiger partial charge in [0, 0.05) is 131 Å². The van der Waals surface area contributed by atoms with Crippen LogP contribution in [-0.4, -0.2) is 63.1 Å². The van der Waals surface area contributed by atoms with Crippen molar-refractivity contribution in [3.05, 3.63) is 47.7 Å². The minimum atomic E-state index is -0.320. The van der Waals surface area contributed by atoms with Crippen LogP contribution in [0.1, 0.15) is 110 Å². The Balaban J connectivity index is -0.0000000359. The number of H-pyrrole nitrogens is 1. The molecule has 0 radical (unpaired) electrons. The summed E-state index contributed by atoms with van der Waals surface area (Å²) in [5, 5.41) is 9.34. The topological polar surface area (TPSA) is 83.9 Å². The first-order valence-electron chi connectivity index (χ1n) is 38.8. The van der Waals surface area contributed by atoms with Gasteiger partial charge in [-0.1, -0.05) is 0 Å². The van der Waals surface area contributed by atoms with Crippen molar-refractivity contribution >= 4 is 16.7 Å². The molecule has 2 saturated heterocycles. The molecular formula is C27H86FN7O. The van der Waals surface area contributed by atoms with Crippen LogP contribution >= 0.6 is 0 Å². The maximum Gasteiger partial charge on any atom is 0.162 e. The number of aromatic amines is 1. The minimum Gasteiger partial charge on any atom is -0.377 e. The van der Waals surface area contributed by atoms with Crippen LogP contribution in [0.5, 0.6) is 0 Å². The highest BCUT2D eigenvalue weighted by atomic mass is 19.1. The Morgan fingerprint density at radius 2 is 2.14 bits per heavy atom. The first-order valence-corrected chi connectivity index (χ1v) is 12.8. The van der Waals surface area contributed by atoms with Crippen LogP contribution in [0.2, 0.25) is 0 Å². The maximum atomic E-state index is 14.6. The molecule has 0 aliphatic carbocycles. The summed E-state index contributed by atoms with van der Waals surface area (Å²) in [6.07, 6.45) is 4.18. The number of aryl methyl sites for hydroxylation is 1. The average molecular weight is 597 g/mol. The molecule has 0 amide bonds. The summed E-state index contributed by atoms with van der Waals surface area (Å²) >= 11 is 0. The SMILES string of the molecule is Cc1nn(C[C@H]2CCCN2)c(C)c1-c1cc(N2CCOC[C@H]2C)nc(-c2cc(F)cc3[nH]ccc23)n1.[2HH].[2H][2H].[2H][2H].[2H][2H].[2H][2H].[2H][2H].[2H][2H].[2H][2H].[2H][2H].[2H][2H].[2H][2H].[2H][2H].[2H][2H].[2H][2H].[2H][2H].[2H][2H].[2H][2H].[2H][2H].[2H][2H].[2H][2H].[2H][2H].[2H][2H].[2H][2H].[2H][2H].[2H][2H].[2H][2H].[2H][2H]. The summed E-state index contributed by atoms with van der Waals surface area (Å²) < 4.78 is 282. The molecule has 0 spiro atoms. The normalized spacial score (nSPS) is 26.3. The molecule has 3 aromatic heterocycles. The van der Waals surface area contributed by atoms with Gasteiger partial charge in [0.2, 0.25) is 0 Å². The Labute approximate surface area is 291 Å². The number of ether oxygens (including phenoxy) is 1. The molecule has 5 heterocycles. The second kappa shape index (κ2) is 9.29. The fourth-order valence-corrected chi connectivity index (χ4v) is 5.58. The summed E-state index contributed by atoms with van der Waals surface area (Å²) in [5.41, 5.74) is 5.24. The van der Waals surface area contributed by atoms with Gasteiger partial charge in [0.05, 0.1) is 37.2 Å². The number of anilines is 1. The first kappa shape index (κ1) is 8.10. The van der Waals surface area contributed by atoms with Crippen molar-refractivity contribution in [3.8, 4) is 22.6 Å². The van der Waals surface area contributed by atoms with Crippen molar-refractivity contribution < 1.29 is 87.8 Å². The molecule has 242 valence electrons. The number of nitrogens with one attached hydrogen (secondary N) is 2. The molecule has 2 aliphatic heterocycles. The predicted octanol–water partition coefficient (Wildman–Crippen LogP) is 10.9. The van der Waals surface area contributed by atoms with Crippen LogP contribution in [0.3, 0.4) is 0 Å². The quantitative estimate of drug-likeness (QED) is 0.238. The summed E-state index contributed by atoms with van der Waals surface area (Å²) in [7, 11) is 0. The van der Waals surface area contributed by atoms with Crippen LogP contribution in [0.25, 0.3) is 33.5 Å². The third kappa shape index (κ3) is 4.16. The lowest BCUT2D eigenvalue weighted by molar-refractivity contribution is 0.0985. The summed E-state index contributed by atoms with van der Waals surface area (Å²) in [4.78, 5) is 15.3. The van der Waals surface area contributed by atoms with Crippen molar-refractivity contribution in [3.63, 3.8) is 0 Å². The Kier molecular flexibility index (Phi) is 2.09. The number of nitrogens with zero attached hydrogens (tertiary/aromatic N) is 5. The molecule has 1 aromatic carbocycles. The lowest BCUT2D eigenvalue weighted by Crippen LogP contribution is -2.44. The highest BCUT2D eigenvalue weighted by Gasteiger charge is 2.25. The lowest BCUT2D eigenvalue weighted by Gasteiger charge is -2.34. The highest BCUT2D eigenvalue weighted by molar-refractivity contribution is 5.94. The third-order valence-electron chi connectivity index (χ3n) is 7.44. The van der Waals surface area contributed by atoms with E-state index in [2.05, 4.69) is 33.7 Å². The van der Waals surface area contributed by atoms with E-state index in [1.54, 1.807) is 0 Å². The van der Waals surface area contributed by atoms with Crippen molar-refractivity contribution in [1.82, 2.24) is 30.0 Å². The molecule has 2 N–H and O–H groups in total. The molecule has 6 rings (SSSR count). The molecule has 0 unspecified atom stereocenters. The fraction of sp³-hybridized carbons (Fsp3) is 0.444. The lowest BCUT2D eigenvalue weighted by atomic mass is 10.1. The van der Waals surface area contributed by atoms with Crippen LogP contribution in [0, 0.1) is 19.7 Å². The van der Waals surface area contributed by atoms with Crippen LogP contribution in [0.15, 0.2) is 30.5 Å². The van der Waals surface area contributed by atoms with E-state index < -0.39 is 0 Å². The summed E-state index contributed by atoms with van der Waals surface area (Å²) in [5.74, 6) is 1.01. The molecule has 2 aliphatic rings. The second-order valence-corrected chi connectivity index (χ2v) is 9.97. The fourth-order valence-electron chi connectivity index (χ4n) is 5.58. The molecule has 9 heteroatoms.